The molecule has 21 heavy (non-hydrogen) atoms. The van der Waals surface area contributed by atoms with E-state index in [9.17, 15) is 0 Å². The number of alkyl halides is 1. The number of halogens is 1. The van der Waals surface area contributed by atoms with Crippen LogP contribution >= 0.6 is 11.6 Å². The van der Waals surface area contributed by atoms with Gasteiger partial charge in [0.05, 0.1) is 24.7 Å². The molecule has 0 saturated carbocycles. The number of fused-ring (bicyclic) bond motifs is 1. The summed E-state index contributed by atoms with van der Waals surface area (Å²) in [6.45, 7) is 2.30. The second kappa shape index (κ2) is 6.85. The van der Waals surface area contributed by atoms with Crippen LogP contribution in [0.3, 0.4) is 0 Å². The van der Waals surface area contributed by atoms with Crippen molar-refractivity contribution < 1.29 is 9.47 Å². The highest BCUT2D eigenvalue weighted by Crippen LogP contribution is 2.28. The summed E-state index contributed by atoms with van der Waals surface area (Å²) >= 11 is 5.70. The van der Waals surface area contributed by atoms with Crippen molar-refractivity contribution in [2.45, 2.75) is 6.42 Å². The minimum absolute atomic E-state index is 0.319. The Morgan fingerprint density at radius 3 is 2.95 bits per heavy atom. The van der Waals surface area contributed by atoms with E-state index in [1.165, 1.54) is 0 Å². The Bertz CT molecular complexity index is 678. The lowest BCUT2D eigenvalue weighted by atomic mass is 10.0. The van der Waals surface area contributed by atoms with E-state index < -0.39 is 0 Å². The molecule has 1 aliphatic rings. The van der Waals surface area contributed by atoms with Crippen molar-refractivity contribution in [1.82, 2.24) is 0 Å². The molecule has 1 fully saturated rings. The van der Waals surface area contributed by atoms with Gasteiger partial charge in [0.2, 0.25) is 0 Å². The van der Waals surface area contributed by atoms with Gasteiger partial charge in [0, 0.05) is 17.9 Å². The number of rotatable bonds is 3. The van der Waals surface area contributed by atoms with Crippen LogP contribution in [0, 0.1) is 17.8 Å². The lowest BCUT2D eigenvalue weighted by Crippen LogP contribution is -2.12. The fraction of sp³-hybridized carbons (Fsp3) is 0.333. The summed E-state index contributed by atoms with van der Waals surface area (Å²) in [6, 6.07) is 12.3. The van der Waals surface area contributed by atoms with Crippen molar-refractivity contribution in [3.8, 4) is 17.6 Å². The second-order valence-corrected chi connectivity index (χ2v) is 5.40. The molecule has 108 valence electrons. The van der Waals surface area contributed by atoms with Gasteiger partial charge in [0.25, 0.3) is 0 Å². The van der Waals surface area contributed by atoms with Crippen LogP contribution in [0.4, 0.5) is 0 Å². The van der Waals surface area contributed by atoms with Crippen LogP contribution in [-0.4, -0.2) is 25.7 Å². The topological polar surface area (TPSA) is 18.5 Å². The largest absolute Gasteiger partial charge is 0.492 e. The number of benzene rings is 2. The standard InChI is InChI=1S/C18H17ClO2/c19-10-3-6-17-16-5-2-1-4-15(16)7-8-18(17)21-13-14-9-11-20-12-14/h1-2,4-5,7-8,14H,9-13H2. The Kier molecular flexibility index (Phi) is 4.65. The molecule has 0 aliphatic carbocycles. The van der Waals surface area contributed by atoms with Gasteiger partial charge in [-0.15, -0.1) is 11.6 Å². The molecule has 0 amide bonds. The summed E-state index contributed by atoms with van der Waals surface area (Å²) < 4.78 is 11.4. The first-order chi connectivity index (χ1) is 10.4. The van der Waals surface area contributed by atoms with Crippen molar-refractivity contribution in [3.63, 3.8) is 0 Å². The van der Waals surface area contributed by atoms with E-state index in [-0.39, 0.29) is 0 Å². The van der Waals surface area contributed by atoms with E-state index in [0.717, 1.165) is 41.7 Å². The molecule has 0 bridgehead atoms. The predicted octanol–water partition coefficient (Wildman–Crippen LogP) is 3.85. The van der Waals surface area contributed by atoms with E-state index >= 15 is 0 Å². The molecule has 0 aromatic heterocycles. The molecule has 1 aliphatic heterocycles. The third kappa shape index (κ3) is 3.32. The maximum Gasteiger partial charge on any atom is 0.135 e. The summed E-state index contributed by atoms with van der Waals surface area (Å²) in [5.41, 5.74) is 0.924. The van der Waals surface area contributed by atoms with E-state index in [1.54, 1.807) is 0 Å². The Morgan fingerprint density at radius 2 is 2.14 bits per heavy atom. The highest BCUT2D eigenvalue weighted by molar-refractivity contribution is 6.19. The molecule has 0 N–H and O–H groups in total. The van der Waals surface area contributed by atoms with Crippen molar-refractivity contribution in [2.75, 3.05) is 25.7 Å². The molecule has 1 saturated heterocycles. The van der Waals surface area contributed by atoms with E-state index in [4.69, 9.17) is 21.1 Å². The second-order valence-electron chi connectivity index (χ2n) is 5.14. The first-order valence-electron chi connectivity index (χ1n) is 7.15. The van der Waals surface area contributed by atoms with Crippen LogP contribution in [-0.2, 0) is 4.74 Å². The van der Waals surface area contributed by atoms with Crippen molar-refractivity contribution in [3.05, 3.63) is 42.0 Å². The van der Waals surface area contributed by atoms with Crippen LogP contribution in [0.5, 0.6) is 5.75 Å². The molecule has 2 aromatic rings. The van der Waals surface area contributed by atoms with Crippen molar-refractivity contribution in [1.29, 1.82) is 0 Å². The van der Waals surface area contributed by atoms with Gasteiger partial charge in [-0.1, -0.05) is 42.2 Å². The Labute approximate surface area is 130 Å². The predicted molar refractivity (Wildman–Crippen MR) is 86.0 cm³/mol. The third-order valence-electron chi connectivity index (χ3n) is 3.67. The summed E-state index contributed by atoms with van der Waals surface area (Å²) in [7, 11) is 0. The molecule has 3 heteroatoms. The van der Waals surface area contributed by atoms with Crippen LogP contribution in [0.2, 0.25) is 0 Å². The van der Waals surface area contributed by atoms with E-state index in [0.29, 0.717) is 18.4 Å². The zero-order valence-electron chi connectivity index (χ0n) is 11.8. The Morgan fingerprint density at radius 1 is 1.24 bits per heavy atom. The zero-order valence-corrected chi connectivity index (χ0v) is 12.5. The first kappa shape index (κ1) is 14.3. The van der Waals surface area contributed by atoms with E-state index in [2.05, 4.69) is 30.0 Å². The summed E-state index contributed by atoms with van der Waals surface area (Å²) in [4.78, 5) is 0. The SMILES string of the molecule is ClCC#Cc1c(OCC2CCOC2)ccc2ccccc12. The van der Waals surface area contributed by atoms with Gasteiger partial charge >= 0.3 is 0 Å². The maximum atomic E-state index is 6.00. The molecule has 0 radical (unpaired) electrons. The highest BCUT2D eigenvalue weighted by Gasteiger charge is 2.17. The Hall–Kier alpha value is -1.69. The quantitative estimate of drug-likeness (QED) is 0.633. The average Bonchev–Trinajstić information content (AvgIpc) is 3.04. The average molecular weight is 301 g/mol. The number of hydrogen-bond donors (Lipinski definition) is 0. The van der Waals surface area contributed by atoms with Crippen LogP contribution in [0.25, 0.3) is 10.8 Å². The summed E-state index contributed by atoms with van der Waals surface area (Å²) in [5.74, 6) is 7.71. The lowest BCUT2D eigenvalue weighted by Gasteiger charge is -2.13. The molecule has 0 spiro atoms. The monoisotopic (exact) mass is 300 g/mol. The summed E-state index contributed by atoms with van der Waals surface area (Å²) in [5, 5.41) is 2.27. The molecule has 1 atom stereocenters. The van der Waals surface area contributed by atoms with Crippen LogP contribution in [0.1, 0.15) is 12.0 Å². The number of hydrogen-bond acceptors (Lipinski definition) is 2. The molecule has 1 unspecified atom stereocenters. The van der Waals surface area contributed by atoms with Crippen molar-refractivity contribution in [2.24, 2.45) is 5.92 Å². The maximum absolute atomic E-state index is 6.00. The van der Waals surface area contributed by atoms with Gasteiger partial charge in [0.15, 0.2) is 0 Å². The molecule has 1 heterocycles. The van der Waals surface area contributed by atoms with Gasteiger partial charge in [-0.2, -0.15) is 0 Å². The van der Waals surface area contributed by atoms with Gasteiger partial charge in [-0.3, -0.25) is 0 Å². The van der Waals surface area contributed by atoms with Gasteiger partial charge in [-0.25, -0.2) is 0 Å². The first-order valence-corrected chi connectivity index (χ1v) is 7.69. The molecule has 3 rings (SSSR count). The normalized spacial score (nSPS) is 17.5. The van der Waals surface area contributed by atoms with Gasteiger partial charge in [-0.05, 0) is 17.9 Å². The third-order valence-corrected chi connectivity index (χ3v) is 3.80. The minimum atomic E-state index is 0.319. The van der Waals surface area contributed by atoms with Crippen LogP contribution < -0.4 is 4.74 Å². The molecule has 2 aromatic carbocycles. The lowest BCUT2D eigenvalue weighted by molar-refractivity contribution is 0.167. The molecular weight excluding hydrogens is 284 g/mol. The highest BCUT2D eigenvalue weighted by atomic mass is 35.5. The smallest absolute Gasteiger partial charge is 0.135 e. The fourth-order valence-electron chi connectivity index (χ4n) is 2.54. The fourth-order valence-corrected chi connectivity index (χ4v) is 2.61. The summed E-state index contributed by atoms with van der Waals surface area (Å²) in [6.07, 6.45) is 1.07. The Balaban J connectivity index is 1.92. The van der Waals surface area contributed by atoms with E-state index in [1.807, 2.05) is 18.2 Å². The van der Waals surface area contributed by atoms with Gasteiger partial charge < -0.3 is 9.47 Å². The molecule has 2 nitrogen and oxygen atoms in total. The minimum Gasteiger partial charge on any atom is -0.492 e. The number of ether oxygens (including phenoxy) is 2. The molecular formula is C18H17ClO2. The van der Waals surface area contributed by atoms with Gasteiger partial charge in [0.1, 0.15) is 5.75 Å². The van der Waals surface area contributed by atoms with Crippen LogP contribution in [0.15, 0.2) is 36.4 Å². The van der Waals surface area contributed by atoms with Crippen molar-refractivity contribution >= 4 is 22.4 Å². The zero-order chi connectivity index (χ0) is 14.5.